The molecule has 0 aromatic heterocycles. The first-order valence-corrected chi connectivity index (χ1v) is 5.60. The number of nitro benzene ring substituents is 1. The van der Waals surface area contributed by atoms with Gasteiger partial charge in [0.05, 0.1) is 4.92 Å². The fourth-order valence-corrected chi connectivity index (χ4v) is 1.94. The van der Waals surface area contributed by atoms with E-state index < -0.39 is 4.92 Å². The molecule has 92 valence electrons. The molecular weight excluding hydrogens is 232 g/mol. The summed E-state index contributed by atoms with van der Waals surface area (Å²) in [5.74, 6) is 0. The van der Waals surface area contributed by atoms with E-state index in [1.165, 1.54) is 12.1 Å². The number of nitrogens with zero attached hydrogens (tertiary/aromatic N) is 2. The van der Waals surface area contributed by atoms with E-state index >= 15 is 0 Å². The Balaban J connectivity index is 2.35. The van der Waals surface area contributed by atoms with Crippen LogP contribution in [0.1, 0.15) is 19.4 Å². The van der Waals surface area contributed by atoms with E-state index in [0.717, 1.165) is 15.9 Å². The van der Waals surface area contributed by atoms with Crippen molar-refractivity contribution in [1.29, 1.82) is 0 Å². The normalized spacial score (nSPS) is 19.2. The van der Waals surface area contributed by atoms with Crippen molar-refractivity contribution in [3.05, 3.63) is 62.7 Å². The van der Waals surface area contributed by atoms with Crippen LogP contribution >= 0.6 is 0 Å². The molecule has 1 atom stereocenters. The summed E-state index contributed by atoms with van der Waals surface area (Å²) in [4.78, 5) is 21.7. The highest BCUT2D eigenvalue weighted by molar-refractivity contribution is 5.75. The lowest BCUT2D eigenvalue weighted by Crippen LogP contribution is -2.20. The monoisotopic (exact) mass is 245 g/mol. The van der Waals surface area contributed by atoms with Gasteiger partial charge in [0.2, 0.25) is 11.7 Å². The zero-order valence-electron chi connectivity index (χ0n) is 10.2. The minimum atomic E-state index is -0.428. The van der Waals surface area contributed by atoms with Crippen molar-refractivity contribution in [2.45, 2.75) is 19.9 Å². The second-order valence-corrected chi connectivity index (χ2v) is 4.28. The maximum Gasteiger partial charge on any atom is 0.269 e. The quantitative estimate of drug-likeness (QED) is 0.457. The van der Waals surface area contributed by atoms with Crippen molar-refractivity contribution in [3.63, 3.8) is 0 Å². The second kappa shape index (κ2) is 4.52. The standard InChI is InChI=1S/C13H13N2O3/c1-9-7-12(8-10(2)14(9)16)11-3-5-13(6-4-11)15(17)18/h3-9H,1-2H3/q+1. The molecule has 0 aliphatic carbocycles. The summed E-state index contributed by atoms with van der Waals surface area (Å²) in [6.45, 7) is 3.57. The molecule has 1 unspecified atom stereocenters. The van der Waals surface area contributed by atoms with Gasteiger partial charge in [-0.15, -0.1) is 0 Å². The topological polar surface area (TPSA) is 63.2 Å². The number of benzene rings is 1. The number of nitroso groups, excluding NO2 is 1. The van der Waals surface area contributed by atoms with Crippen molar-refractivity contribution < 1.29 is 9.68 Å². The number of hydrogen-bond acceptors (Lipinski definition) is 3. The van der Waals surface area contributed by atoms with Crippen LogP contribution in [0, 0.1) is 15.0 Å². The first-order chi connectivity index (χ1) is 8.49. The highest BCUT2D eigenvalue weighted by atomic mass is 16.6. The van der Waals surface area contributed by atoms with Crippen molar-refractivity contribution >= 4 is 11.3 Å². The van der Waals surface area contributed by atoms with E-state index in [9.17, 15) is 15.0 Å². The van der Waals surface area contributed by atoms with Crippen LogP contribution in [0.2, 0.25) is 0 Å². The van der Waals surface area contributed by atoms with E-state index in [1.807, 2.05) is 13.0 Å². The molecule has 0 radical (unpaired) electrons. The average molecular weight is 245 g/mol. The van der Waals surface area contributed by atoms with Crippen LogP contribution in [-0.4, -0.2) is 15.7 Å². The Labute approximate surface area is 104 Å². The van der Waals surface area contributed by atoms with Crippen LogP contribution in [0.15, 0.2) is 42.1 Å². The molecule has 5 heteroatoms. The summed E-state index contributed by atoms with van der Waals surface area (Å²) < 4.78 is 0.939. The van der Waals surface area contributed by atoms with Gasteiger partial charge < -0.3 is 0 Å². The van der Waals surface area contributed by atoms with Gasteiger partial charge >= 0.3 is 0 Å². The molecular formula is C13H13N2O3+. The molecule has 0 saturated carbocycles. The molecule has 1 aliphatic rings. The lowest BCUT2D eigenvalue weighted by molar-refractivity contribution is -0.523. The van der Waals surface area contributed by atoms with Crippen molar-refractivity contribution in [2.24, 2.45) is 0 Å². The number of nitro groups is 1. The Morgan fingerprint density at radius 3 is 2.39 bits per heavy atom. The van der Waals surface area contributed by atoms with Crippen LogP contribution in [-0.2, 0) is 0 Å². The average Bonchev–Trinajstić information content (AvgIpc) is 2.35. The maximum atomic E-state index is 11.6. The SMILES string of the molecule is CC1=CC(c2ccc([N+](=O)[O-])cc2)=CC(C)[N+]1=O. The Morgan fingerprint density at radius 2 is 1.89 bits per heavy atom. The third kappa shape index (κ3) is 2.20. The summed E-state index contributed by atoms with van der Waals surface area (Å²) in [7, 11) is 0. The van der Waals surface area contributed by atoms with E-state index in [0.29, 0.717) is 5.70 Å². The lowest BCUT2D eigenvalue weighted by atomic mass is 9.99. The molecule has 18 heavy (non-hydrogen) atoms. The largest absolute Gasteiger partial charge is 0.269 e. The second-order valence-electron chi connectivity index (χ2n) is 4.28. The van der Waals surface area contributed by atoms with Crippen LogP contribution < -0.4 is 0 Å². The first kappa shape index (κ1) is 12.2. The molecule has 1 aromatic rings. The van der Waals surface area contributed by atoms with E-state index in [2.05, 4.69) is 0 Å². The summed E-state index contributed by atoms with van der Waals surface area (Å²) in [5, 5.41) is 10.6. The molecule has 1 aromatic carbocycles. The number of allylic oxidation sites excluding steroid dienone is 3. The molecule has 0 fully saturated rings. The summed E-state index contributed by atoms with van der Waals surface area (Å²) in [5.41, 5.74) is 2.50. The van der Waals surface area contributed by atoms with Gasteiger partial charge in [-0.1, -0.05) is 0 Å². The molecule has 0 saturated heterocycles. The summed E-state index contributed by atoms with van der Waals surface area (Å²) in [6, 6.07) is 6.10. The molecule has 0 amide bonds. The van der Waals surface area contributed by atoms with Gasteiger partial charge in [0.15, 0.2) is 0 Å². The molecule has 1 heterocycles. The highest BCUT2D eigenvalue weighted by Gasteiger charge is 2.25. The Morgan fingerprint density at radius 1 is 1.28 bits per heavy atom. The first-order valence-electron chi connectivity index (χ1n) is 5.60. The molecule has 0 N–H and O–H groups in total. The van der Waals surface area contributed by atoms with Gasteiger partial charge in [0.25, 0.3) is 5.69 Å². The Bertz CT molecular complexity index is 570. The fraction of sp³-hybridized carbons (Fsp3) is 0.231. The smallest absolute Gasteiger partial charge is 0.258 e. The molecule has 0 spiro atoms. The van der Waals surface area contributed by atoms with Gasteiger partial charge in [-0.3, -0.25) is 10.1 Å². The lowest BCUT2D eigenvalue weighted by Gasteiger charge is -2.09. The number of hydrogen-bond donors (Lipinski definition) is 0. The fourth-order valence-electron chi connectivity index (χ4n) is 1.94. The minimum absolute atomic E-state index is 0.0642. The van der Waals surface area contributed by atoms with Crippen molar-refractivity contribution in [3.8, 4) is 0 Å². The van der Waals surface area contributed by atoms with Crippen LogP contribution in [0.25, 0.3) is 5.57 Å². The predicted octanol–water partition coefficient (Wildman–Crippen LogP) is 3.06. The maximum absolute atomic E-state index is 11.6. The Kier molecular flexibility index (Phi) is 3.06. The van der Waals surface area contributed by atoms with Gasteiger partial charge in [0, 0.05) is 41.7 Å². The minimum Gasteiger partial charge on any atom is -0.258 e. The van der Waals surface area contributed by atoms with E-state index in [-0.39, 0.29) is 11.7 Å². The molecule has 0 bridgehead atoms. The third-order valence-corrected chi connectivity index (χ3v) is 2.91. The summed E-state index contributed by atoms with van der Waals surface area (Å²) in [6.07, 6.45) is 3.63. The van der Waals surface area contributed by atoms with Crippen LogP contribution in [0.5, 0.6) is 0 Å². The van der Waals surface area contributed by atoms with Crippen molar-refractivity contribution in [1.82, 2.24) is 0 Å². The van der Waals surface area contributed by atoms with E-state index in [4.69, 9.17) is 0 Å². The van der Waals surface area contributed by atoms with Gasteiger partial charge in [-0.2, -0.15) is 0 Å². The summed E-state index contributed by atoms with van der Waals surface area (Å²) >= 11 is 0. The van der Waals surface area contributed by atoms with Gasteiger partial charge in [-0.05, 0) is 29.3 Å². The highest BCUT2D eigenvalue weighted by Crippen LogP contribution is 2.25. The third-order valence-electron chi connectivity index (χ3n) is 2.91. The molecule has 1 aliphatic heterocycles. The van der Waals surface area contributed by atoms with Crippen LogP contribution in [0.4, 0.5) is 5.69 Å². The Hall–Kier alpha value is -2.30. The van der Waals surface area contributed by atoms with E-state index in [1.54, 1.807) is 25.1 Å². The van der Waals surface area contributed by atoms with Gasteiger partial charge in [0.1, 0.15) is 0 Å². The zero-order chi connectivity index (χ0) is 13.3. The molecule has 2 rings (SSSR count). The number of non-ortho nitro benzene ring substituents is 1. The van der Waals surface area contributed by atoms with Crippen LogP contribution in [0.3, 0.4) is 0 Å². The number of rotatable bonds is 2. The van der Waals surface area contributed by atoms with Gasteiger partial charge in [-0.25, -0.2) is 0 Å². The molecule has 5 nitrogen and oxygen atoms in total. The zero-order valence-corrected chi connectivity index (χ0v) is 10.2. The van der Waals surface area contributed by atoms with Crippen molar-refractivity contribution in [2.75, 3.05) is 0 Å². The predicted molar refractivity (Wildman–Crippen MR) is 67.9 cm³/mol.